The van der Waals surface area contributed by atoms with Crippen LogP contribution < -0.4 is 4.74 Å². The molecule has 0 aliphatic rings. The number of unbranched alkanes of at least 4 members (excludes halogenated alkanes) is 2. The minimum atomic E-state index is -0.138. The lowest BCUT2D eigenvalue weighted by molar-refractivity contribution is 0.0792. The molecular formula is C14H19Cl2NO3. The average molecular weight is 320 g/mol. The minimum absolute atomic E-state index is 0.138. The normalized spacial score (nSPS) is 10.4. The molecule has 0 bridgehead atoms. The zero-order chi connectivity index (χ0) is 15.1. The van der Waals surface area contributed by atoms with Gasteiger partial charge in [0.25, 0.3) is 5.91 Å². The van der Waals surface area contributed by atoms with Gasteiger partial charge in [0.15, 0.2) is 5.75 Å². The number of benzene rings is 1. The van der Waals surface area contributed by atoms with E-state index < -0.39 is 0 Å². The first-order valence-corrected chi connectivity index (χ1v) is 7.16. The largest absolute Gasteiger partial charge is 0.494 e. The smallest absolute Gasteiger partial charge is 0.253 e. The fourth-order valence-electron chi connectivity index (χ4n) is 1.84. The molecule has 0 atom stereocenters. The number of hydrogen-bond donors (Lipinski definition) is 1. The molecule has 1 amide bonds. The van der Waals surface area contributed by atoms with Gasteiger partial charge in [-0.15, -0.1) is 0 Å². The third-order valence-corrected chi connectivity index (χ3v) is 3.51. The Morgan fingerprint density at radius 1 is 1.25 bits per heavy atom. The molecule has 112 valence electrons. The SMILES string of the molecule is COc1c(Cl)cc(C(=O)N(C)CCCCCO)cc1Cl. The number of ether oxygens (including phenoxy) is 1. The Balaban J connectivity index is 2.72. The number of aliphatic hydroxyl groups is 1. The molecule has 4 nitrogen and oxygen atoms in total. The first kappa shape index (κ1) is 17.1. The van der Waals surface area contributed by atoms with Crippen molar-refractivity contribution in [1.82, 2.24) is 4.90 Å². The first-order chi connectivity index (χ1) is 9.51. The second-order valence-electron chi connectivity index (χ2n) is 4.48. The van der Waals surface area contributed by atoms with E-state index in [1.807, 2.05) is 0 Å². The molecule has 0 saturated carbocycles. The van der Waals surface area contributed by atoms with Gasteiger partial charge in [-0.2, -0.15) is 0 Å². The molecule has 1 aromatic carbocycles. The van der Waals surface area contributed by atoms with Crippen molar-refractivity contribution in [1.29, 1.82) is 0 Å². The van der Waals surface area contributed by atoms with E-state index in [1.165, 1.54) is 7.11 Å². The number of carbonyl (C=O) groups is 1. The Morgan fingerprint density at radius 3 is 2.35 bits per heavy atom. The highest BCUT2D eigenvalue weighted by molar-refractivity contribution is 6.37. The highest BCUT2D eigenvalue weighted by Crippen LogP contribution is 2.34. The second kappa shape index (κ2) is 8.35. The summed E-state index contributed by atoms with van der Waals surface area (Å²) in [5.74, 6) is 0.232. The Labute approximate surface area is 129 Å². The molecule has 0 radical (unpaired) electrons. The fraction of sp³-hybridized carbons (Fsp3) is 0.500. The van der Waals surface area contributed by atoms with E-state index in [9.17, 15) is 4.79 Å². The van der Waals surface area contributed by atoms with Gasteiger partial charge in [0.1, 0.15) is 0 Å². The molecule has 0 unspecified atom stereocenters. The molecule has 0 spiro atoms. The number of carbonyl (C=O) groups excluding carboxylic acids is 1. The minimum Gasteiger partial charge on any atom is -0.494 e. The zero-order valence-corrected chi connectivity index (χ0v) is 13.2. The number of hydrogen-bond acceptors (Lipinski definition) is 3. The summed E-state index contributed by atoms with van der Waals surface area (Å²) in [5.41, 5.74) is 0.436. The van der Waals surface area contributed by atoms with Crippen LogP contribution >= 0.6 is 23.2 Å². The average Bonchev–Trinajstić information content (AvgIpc) is 2.42. The highest BCUT2D eigenvalue weighted by atomic mass is 35.5. The topological polar surface area (TPSA) is 49.8 Å². The van der Waals surface area contributed by atoms with E-state index in [1.54, 1.807) is 24.1 Å². The fourth-order valence-corrected chi connectivity index (χ4v) is 2.48. The van der Waals surface area contributed by atoms with E-state index in [0.29, 0.717) is 27.9 Å². The molecule has 0 fully saturated rings. The van der Waals surface area contributed by atoms with Gasteiger partial charge < -0.3 is 14.7 Å². The summed E-state index contributed by atoms with van der Waals surface area (Å²) >= 11 is 12.0. The molecule has 0 aliphatic heterocycles. The number of aliphatic hydroxyl groups excluding tert-OH is 1. The number of methoxy groups -OCH3 is 1. The van der Waals surface area contributed by atoms with Crippen molar-refractivity contribution in [3.63, 3.8) is 0 Å². The Bertz CT molecular complexity index is 443. The van der Waals surface area contributed by atoms with Crippen molar-refractivity contribution < 1.29 is 14.6 Å². The lowest BCUT2D eigenvalue weighted by Gasteiger charge is -2.18. The van der Waals surface area contributed by atoms with E-state index in [0.717, 1.165) is 19.3 Å². The second-order valence-corrected chi connectivity index (χ2v) is 5.30. The first-order valence-electron chi connectivity index (χ1n) is 6.40. The van der Waals surface area contributed by atoms with Crippen LogP contribution in [0.4, 0.5) is 0 Å². The standard InChI is InChI=1S/C14H19Cl2NO3/c1-17(6-4-3-5-7-18)14(19)10-8-11(15)13(20-2)12(16)9-10/h8-9,18H,3-7H2,1-2H3. The van der Waals surface area contributed by atoms with Crippen LogP contribution in [-0.4, -0.2) is 43.2 Å². The monoisotopic (exact) mass is 319 g/mol. The molecular weight excluding hydrogens is 301 g/mol. The van der Waals surface area contributed by atoms with Gasteiger partial charge in [0.05, 0.1) is 17.2 Å². The summed E-state index contributed by atoms with van der Waals surface area (Å²) in [6, 6.07) is 3.11. The Morgan fingerprint density at radius 2 is 1.85 bits per heavy atom. The third-order valence-electron chi connectivity index (χ3n) is 2.95. The molecule has 0 saturated heterocycles. The summed E-state index contributed by atoms with van der Waals surface area (Å²) in [5, 5.41) is 9.34. The zero-order valence-electron chi connectivity index (χ0n) is 11.7. The van der Waals surface area contributed by atoms with Crippen molar-refractivity contribution in [2.24, 2.45) is 0 Å². The van der Waals surface area contributed by atoms with Crippen LogP contribution in [0.5, 0.6) is 5.75 Å². The summed E-state index contributed by atoms with van der Waals surface area (Å²) in [4.78, 5) is 13.8. The third kappa shape index (κ3) is 4.54. The van der Waals surface area contributed by atoms with E-state index in [4.69, 9.17) is 33.0 Å². The Kier molecular flexibility index (Phi) is 7.13. The van der Waals surface area contributed by atoms with Crippen molar-refractivity contribution in [2.75, 3.05) is 27.3 Å². The predicted molar refractivity (Wildman–Crippen MR) is 80.9 cm³/mol. The van der Waals surface area contributed by atoms with Crippen LogP contribution in [0.1, 0.15) is 29.6 Å². The maximum atomic E-state index is 12.2. The molecule has 20 heavy (non-hydrogen) atoms. The van der Waals surface area contributed by atoms with Gasteiger partial charge in [-0.1, -0.05) is 23.2 Å². The van der Waals surface area contributed by atoms with Crippen molar-refractivity contribution >= 4 is 29.1 Å². The maximum absolute atomic E-state index is 12.2. The summed E-state index contributed by atoms with van der Waals surface area (Å²) < 4.78 is 5.05. The number of nitrogens with zero attached hydrogens (tertiary/aromatic N) is 1. The Hall–Kier alpha value is -0.970. The van der Waals surface area contributed by atoms with Crippen LogP contribution in [0.2, 0.25) is 10.0 Å². The molecule has 1 aromatic rings. The lowest BCUT2D eigenvalue weighted by atomic mass is 10.1. The van der Waals surface area contributed by atoms with E-state index in [-0.39, 0.29) is 12.5 Å². The summed E-state index contributed by atoms with van der Waals surface area (Å²) in [6.45, 7) is 0.807. The molecule has 0 aromatic heterocycles. The van der Waals surface area contributed by atoms with Gasteiger partial charge in [-0.3, -0.25) is 4.79 Å². The van der Waals surface area contributed by atoms with Crippen molar-refractivity contribution in [3.8, 4) is 5.75 Å². The molecule has 0 aliphatic carbocycles. The molecule has 0 heterocycles. The van der Waals surface area contributed by atoms with Crippen LogP contribution in [0.3, 0.4) is 0 Å². The quantitative estimate of drug-likeness (QED) is 0.785. The molecule has 6 heteroatoms. The van der Waals surface area contributed by atoms with Crippen molar-refractivity contribution in [3.05, 3.63) is 27.7 Å². The molecule has 1 N–H and O–H groups in total. The number of rotatable bonds is 7. The van der Waals surface area contributed by atoms with Gasteiger partial charge >= 0.3 is 0 Å². The van der Waals surface area contributed by atoms with Crippen LogP contribution in [-0.2, 0) is 0 Å². The van der Waals surface area contributed by atoms with E-state index in [2.05, 4.69) is 0 Å². The summed E-state index contributed by atoms with van der Waals surface area (Å²) in [6.07, 6.45) is 2.49. The van der Waals surface area contributed by atoms with Crippen LogP contribution in [0.25, 0.3) is 0 Å². The lowest BCUT2D eigenvalue weighted by Crippen LogP contribution is -2.27. The van der Waals surface area contributed by atoms with Crippen LogP contribution in [0, 0.1) is 0 Å². The summed E-state index contributed by atoms with van der Waals surface area (Å²) in [7, 11) is 3.20. The number of amides is 1. The van der Waals surface area contributed by atoms with Crippen LogP contribution in [0.15, 0.2) is 12.1 Å². The highest BCUT2D eigenvalue weighted by Gasteiger charge is 2.16. The maximum Gasteiger partial charge on any atom is 0.253 e. The predicted octanol–water partition coefficient (Wildman–Crippen LogP) is 3.24. The van der Waals surface area contributed by atoms with Crippen molar-refractivity contribution in [2.45, 2.75) is 19.3 Å². The van der Waals surface area contributed by atoms with Gasteiger partial charge in [0, 0.05) is 25.8 Å². The van der Waals surface area contributed by atoms with Gasteiger partial charge in [0.2, 0.25) is 0 Å². The number of halogens is 2. The van der Waals surface area contributed by atoms with Gasteiger partial charge in [-0.25, -0.2) is 0 Å². The molecule has 1 rings (SSSR count). The van der Waals surface area contributed by atoms with E-state index >= 15 is 0 Å². The van der Waals surface area contributed by atoms with Gasteiger partial charge in [-0.05, 0) is 31.4 Å².